The topological polar surface area (TPSA) is 417 Å². The molecule has 356 valence electrons. The number of amides is 1. The molecule has 3 aromatic heterocycles. The van der Waals surface area contributed by atoms with Crippen LogP contribution in [0.2, 0.25) is 0 Å². The Bertz CT molecular complexity index is 2620. The predicted octanol–water partition coefficient (Wildman–Crippen LogP) is 1.02. The monoisotopic (exact) mass is 1000 g/mol. The first kappa shape index (κ1) is 49.0. The molecule has 66 heavy (non-hydrogen) atoms. The number of carbonyl (C=O) groups is 2. The third-order valence-electron chi connectivity index (χ3n) is 10.2. The van der Waals surface area contributed by atoms with E-state index in [1.807, 2.05) is 6.26 Å². The molecule has 3 fully saturated rings. The quantitative estimate of drug-likeness (QED) is 0.0194. The fourth-order valence-electron chi connectivity index (χ4n) is 7.22. The molecular formula is C33H40N12O17P2S2. The number of fused-ring (bicyclic) bond motifs is 1. The summed E-state index contributed by atoms with van der Waals surface area (Å²) < 4.78 is 65.3. The number of rotatable bonds is 17. The van der Waals surface area contributed by atoms with Gasteiger partial charge in [0.1, 0.15) is 60.8 Å². The van der Waals surface area contributed by atoms with Gasteiger partial charge >= 0.3 is 33.4 Å². The summed E-state index contributed by atoms with van der Waals surface area (Å²) in [5.74, 6) is -1.23. The molecule has 0 aliphatic carbocycles. The molecule has 9 N–H and O–H groups in total. The van der Waals surface area contributed by atoms with Gasteiger partial charge in [0.2, 0.25) is 0 Å². The highest BCUT2D eigenvalue weighted by Gasteiger charge is 2.53. The number of nitrogens with zero attached hydrogens (tertiary/aromatic N) is 10. The lowest BCUT2D eigenvalue weighted by Gasteiger charge is -2.27. The second-order valence-corrected chi connectivity index (χ2v) is 19.9. The molecule has 1 amide bonds. The van der Waals surface area contributed by atoms with Crippen molar-refractivity contribution in [1.82, 2.24) is 34.0 Å². The number of aliphatic hydroxyl groups is 2. The Balaban J connectivity index is 1.11. The Kier molecular flexibility index (Phi) is 15.2. The lowest BCUT2D eigenvalue weighted by molar-refractivity contribution is -0.161. The Morgan fingerprint density at radius 2 is 1.67 bits per heavy atom. The van der Waals surface area contributed by atoms with Gasteiger partial charge in [-0.05, 0) is 29.8 Å². The van der Waals surface area contributed by atoms with Gasteiger partial charge in [0, 0.05) is 28.6 Å². The molecule has 0 bridgehead atoms. The number of azide groups is 1. The number of benzene rings is 1. The molecule has 29 nitrogen and oxygen atoms in total. The Morgan fingerprint density at radius 3 is 2.35 bits per heavy atom. The van der Waals surface area contributed by atoms with Crippen LogP contribution in [0.4, 0.5) is 22.1 Å². The van der Waals surface area contributed by atoms with Crippen LogP contribution in [0.1, 0.15) is 24.4 Å². The zero-order chi connectivity index (χ0) is 47.5. The van der Waals surface area contributed by atoms with Crippen molar-refractivity contribution in [3.63, 3.8) is 0 Å². The molecule has 11 atom stereocenters. The van der Waals surface area contributed by atoms with Crippen LogP contribution in [-0.2, 0) is 53.1 Å². The van der Waals surface area contributed by atoms with E-state index >= 15 is 0 Å². The third-order valence-corrected chi connectivity index (χ3v) is 13.9. The Morgan fingerprint density at radius 1 is 0.985 bits per heavy atom. The fraction of sp³-hybridized carbons (Fsp3) is 0.485. The van der Waals surface area contributed by atoms with Crippen LogP contribution in [0.25, 0.3) is 21.6 Å². The van der Waals surface area contributed by atoms with Crippen LogP contribution >= 0.6 is 37.2 Å². The van der Waals surface area contributed by atoms with Gasteiger partial charge in [-0.15, -0.1) is 0 Å². The van der Waals surface area contributed by atoms with Gasteiger partial charge in [-0.25, -0.2) is 38.5 Å². The molecule has 0 radical (unpaired) electrons. The number of aliphatic hydroxyl groups excluding tert-OH is 2. The minimum atomic E-state index is -5.44. The molecular weight excluding hydrogens is 963 g/mol. The van der Waals surface area contributed by atoms with E-state index in [-0.39, 0.29) is 47.6 Å². The van der Waals surface area contributed by atoms with Crippen molar-refractivity contribution in [3.05, 3.63) is 75.7 Å². The molecule has 0 spiro atoms. The molecule has 3 aliphatic heterocycles. The minimum absolute atomic E-state index is 0.0223. The van der Waals surface area contributed by atoms with Gasteiger partial charge in [-0.1, -0.05) is 51.0 Å². The summed E-state index contributed by atoms with van der Waals surface area (Å²) in [6.07, 6.45) is -9.56. The summed E-state index contributed by atoms with van der Waals surface area (Å²) in [5.41, 5.74) is 20.2. The van der Waals surface area contributed by atoms with E-state index in [2.05, 4.69) is 34.5 Å². The molecule has 6 heterocycles. The van der Waals surface area contributed by atoms with E-state index in [9.17, 15) is 48.4 Å². The number of phosphoric ester groups is 2. The summed E-state index contributed by atoms with van der Waals surface area (Å²) in [7, 11) is -7.84. The van der Waals surface area contributed by atoms with Crippen molar-refractivity contribution in [3.8, 4) is 0 Å². The number of nitrogens with two attached hydrogens (primary N) is 2. The number of imidazole rings is 1. The van der Waals surface area contributed by atoms with Crippen LogP contribution in [0.15, 0.2) is 59.1 Å². The number of hydrogen-bond acceptors (Lipinski definition) is 23. The summed E-state index contributed by atoms with van der Waals surface area (Å²) in [6.45, 7) is -2.16. The average molecular weight is 1000 g/mol. The first-order chi connectivity index (χ1) is 31.4. The van der Waals surface area contributed by atoms with Crippen LogP contribution < -0.4 is 17.2 Å². The zero-order valence-electron chi connectivity index (χ0n) is 33.9. The normalized spacial score (nSPS) is 27.4. The lowest BCUT2D eigenvalue weighted by atomic mass is 10.1. The van der Waals surface area contributed by atoms with E-state index in [4.69, 9.17) is 45.0 Å². The number of carbonyl (C=O) groups excluding carboxylic acids is 2. The highest BCUT2D eigenvalue weighted by molar-refractivity contribution is 8.76. The number of esters is 1. The summed E-state index contributed by atoms with van der Waals surface area (Å²) >= 11 is 0. The smallest absolute Gasteiger partial charge is 0.455 e. The largest absolute Gasteiger partial charge is 0.472 e. The van der Waals surface area contributed by atoms with Gasteiger partial charge in [0.25, 0.3) is 0 Å². The van der Waals surface area contributed by atoms with Crippen molar-refractivity contribution < 1.29 is 76.1 Å². The molecule has 3 saturated heterocycles. The SMILES string of the molecule is CSS[C@@H]1C[C@@H](C(=O)O[C@H]2[C@@H](O)[C@H](n3cnc4c(N)ncnc43)O[C@@H]2COP(=O)(O)O[C@H]2[C@@H](O)[C@H](n3ccc(N)nc3=O)O[C@@H]2COP(=O)(O)O)N(C(=O)OCc2ccc(N=[N+]=[N-])cc2)C1. The third kappa shape index (κ3) is 11.2. The van der Waals surface area contributed by atoms with E-state index in [0.717, 1.165) is 22.0 Å². The van der Waals surface area contributed by atoms with Crippen LogP contribution in [-0.4, -0.2) is 145 Å². The number of anilines is 2. The Labute approximate surface area is 378 Å². The molecule has 7 rings (SSSR count). The van der Waals surface area contributed by atoms with Gasteiger partial charge in [-0.2, -0.15) is 4.98 Å². The van der Waals surface area contributed by atoms with Crippen LogP contribution in [0, 0.1) is 0 Å². The maximum atomic E-state index is 14.1. The second-order valence-electron chi connectivity index (χ2n) is 14.5. The summed E-state index contributed by atoms with van der Waals surface area (Å²) in [4.78, 5) is 89.6. The lowest BCUT2D eigenvalue weighted by Crippen LogP contribution is -2.46. The highest BCUT2D eigenvalue weighted by atomic mass is 33.1. The number of phosphoric acid groups is 2. The van der Waals surface area contributed by atoms with E-state index in [1.165, 1.54) is 50.7 Å². The molecule has 1 aromatic carbocycles. The first-order valence-electron chi connectivity index (χ1n) is 19.1. The standard InChI is InChI=1S/C33H40N12O17P2S2/c1-65-66-17-8-18(44(9-17)33(50)56-10-15-2-4-16(5-3-15)41-42-36)31(48)61-25-19(59-30(23(25)46)45-14-39-22-27(35)37-13-38-28(22)45)12-58-64(54,55)62-26-20(11-57-63(51,52)53)60-29(24(26)47)43-7-6-21(34)40-32(43)49/h2-7,13-14,17-20,23-26,29-30,46-47H,8-12H2,1H3,(H,54,55)(H2,34,40,49)(H2,35,37,38)(H2,51,52,53)/t17-,18+,19-,20-,23-,24-,25-,26-,29-,30-/m1/s1. The summed E-state index contributed by atoms with van der Waals surface area (Å²) in [6, 6.07) is 6.13. The number of aromatic nitrogens is 6. The van der Waals surface area contributed by atoms with Crippen LogP contribution in [0.5, 0.6) is 0 Å². The molecule has 3 aliphatic rings. The van der Waals surface area contributed by atoms with Gasteiger partial charge in [-0.3, -0.25) is 27.6 Å². The van der Waals surface area contributed by atoms with Gasteiger partial charge in [0.05, 0.1) is 19.5 Å². The zero-order valence-corrected chi connectivity index (χ0v) is 37.3. The second kappa shape index (κ2) is 20.5. The first-order valence-corrected chi connectivity index (χ1v) is 24.8. The van der Waals surface area contributed by atoms with Crippen LogP contribution in [0.3, 0.4) is 0 Å². The molecule has 0 saturated carbocycles. The van der Waals surface area contributed by atoms with Crippen molar-refractivity contribution >= 4 is 77.8 Å². The highest BCUT2D eigenvalue weighted by Crippen LogP contribution is 2.50. The number of likely N-dealkylation sites (tertiary alicyclic amines) is 1. The predicted molar refractivity (Wildman–Crippen MR) is 226 cm³/mol. The maximum Gasteiger partial charge on any atom is 0.472 e. The number of nitrogen functional groups attached to an aromatic ring is 2. The van der Waals surface area contributed by atoms with Gasteiger partial charge in [0.15, 0.2) is 30.0 Å². The molecule has 33 heteroatoms. The minimum Gasteiger partial charge on any atom is -0.455 e. The maximum absolute atomic E-state index is 14.1. The van der Waals surface area contributed by atoms with Crippen molar-refractivity contribution in [2.24, 2.45) is 5.11 Å². The number of ether oxygens (including phenoxy) is 4. The van der Waals surface area contributed by atoms with Crippen molar-refractivity contribution in [1.29, 1.82) is 0 Å². The molecule has 1 unspecified atom stereocenters. The molecule has 4 aromatic rings. The van der Waals surface area contributed by atoms with E-state index in [0.29, 0.717) is 11.3 Å². The number of hydrogen-bond donors (Lipinski definition) is 7. The average Bonchev–Trinajstić information content (AvgIpc) is 4.04. The Hall–Kier alpha value is -4.94. The van der Waals surface area contributed by atoms with E-state index < -0.39 is 102 Å². The van der Waals surface area contributed by atoms with Gasteiger partial charge < -0.3 is 55.3 Å². The fourth-order valence-corrected chi connectivity index (χ4v) is 10.5. The van der Waals surface area contributed by atoms with Crippen molar-refractivity contribution in [2.75, 3.05) is 37.5 Å². The summed E-state index contributed by atoms with van der Waals surface area (Å²) in [5, 5.41) is 26.2. The van der Waals surface area contributed by atoms with Crippen molar-refractivity contribution in [2.45, 2.75) is 73.4 Å². The van der Waals surface area contributed by atoms with E-state index in [1.54, 1.807) is 12.1 Å².